The highest BCUT2D eigenvalue weighted by Crippen LogP contribution is 2.27. The maximum atomic E-state index is 11.0. The lowest BCUT2D eigenvalue weighted by atomic mass is 9.97. The first kappa shape index (κ1) is 11.8. The fourth-order valence-electron chi connectivity index (χ4n) is 2.49. The van der Waals surface area contributed by atoms with Gasteiger partial charge in [-0.3, -0.25) is 4.79 Å². The molecule has 0 amide bonds. The number of aliphatic carboxylic acids is 1. The van der Waals surface area contributed by atoms with E-state index in [0.29, 0.717) is 18.5 Å². The second-order valence-corrected chi connectivity index (χ2v) is 4.66. The highest BCUT2D eigenvalue weighted by molar-refractivity contribution is 5.85. The van der Waals surface area contributed by atoms with Crippen molar-refractivity contribution in [2.24, 2.45) is 5.92 Å². The Morgan fingerprint density at radius 1 is 1.16 bits per heavy atom. The molecule has 0 aromatic carbocycles. The van der Waals surface area contributed by atoms with Crippen molar-refractivity contribution >= 4 is 22.8 Å². The van der Waals surface area contributed by atoms with Crippen LogP contribution in [0.15, 0.2) is 24.7 Å². The summed E-state index contributed by atoms with van der Waals surface area (Å²) in [6.45, 7) is 1.46. The Kier molecular flexibility index (Phi) is 2.98. The topological polar surface area (TPSA) is 79.2 Å². The molecule has 98 valence electrons. The van der Waals surface area contributed by atoms with Gasteiger partial charge in [0.15, 0.2) is 5.65 Å². The van der Waals surface area contributed by atoms with Crippen LogP contribution >= 0.6 is 0 Å². The number of rotatable bonds is 2. The minimum atomic E-state index is -0.695. The van der Waals surface area contributed by atoms with E-state index in [1.54, 1.807) is 18.6 Å². The van der Waals surface area contributed by atoms with Gasteiger partial charge >= 0.3 is 5.97 Å². The molecule has 1 fully saturated rings. The zero-order chi connectivity index (χ0) is 13.2. The van der Waals surface area contributed by atoms with Crippen LogP contribution in [0.1, 0.15) is 12.8 Å². The number of carbonyl (C=O) groups is 1. The predicted octanol–water partition coefficient (Wildman–Crippen LogP) is 1.33. The molecule has 1 aliphatic heterocycles. The smallest absolute Gasteiger partial charge is 0.306 e. The van der Waals surface area contributed by atoms with E-state index in [4.69, 9.17) is 5.11 Å². The molecule has 0 aliphatic carbocycles. The maximum absolute atomic E-state index is 11.0. The van der Waals surface area contributed by atoms with Gasteiger partial charge in [0, 0.05) is 31.7 Å². The number of piperidine rings is 1. The van der Waals surface area contributed by atoms with Crippen molar-refractivity contribution < 1.29 is 9.90 Å². The van der Waals surface area contributed by atoms with Crippen LogP contribution in [-0.2, 0) is 4.79 Å². The molecule has 6 nitrogen and oxygen atoms in total. The minimum absolute atomic E-state index is 0.226. The van der Waals surface area contributed by atoms with Gasteiger partial charge in [0.1, 0.15) is 5.52 Å². The average molecular weight is 258 g/mol. The number of hydrogen-bond acceptors (Lipinski definition) is 5. The molecular weight excluding hydrogens is 244 g/mol. The zero-order valence-corrected chi connectivity index (χ0v) is 10.4. The summed E-state index contributed by atoms with van der Waals surface area (Å²) in [5.41, 5.74) is 2.39. The summed E-state index contributed by atoms with van der Waals surface area (Å²) in [4.78, 5) is 25.8. The minimum Gasteiger partial charge on any atom is -0.481 e. The van der Waals surface area contributed by atoms with E-state index < -0.39 is 5.97 Å². The number of carboxylic acids is 1. The summed E-state index contributed by atoms with van der Waals surface area (Å²) >= 11 is 0. The molecule has 3 heterocycles. The monoisotopic (exact) mass is 258 g/mol. The Morgan fingerprint density at radius 3 is 2.58 bits per heavy atom. The molecule has 2 aromatic rings. The lowest BCUT2D eigenvalue weighted by Crippen LogP contribution is -2.36. The summed E-state index contributed by atoms with van der Waals surface area (Å²) < 4.78 is 0. The van der Waals surface area contributed by atoms with E-state index in [1.165, 1.54) is 0 Å². The summed E-state index contributed by atoms with van der Waals surface area (Å²) in [5, 5.41) is 9.02. The van der Waals surface area contributed by atoms with Crippen LogP contribution in [0.4, 0.5) is 5.69 Å². The lowest BCUT2D eigenvalue weighted by molar-refractivity contribution is -0.142. The predicted molar refractivity (Wildman–Crippen MR) is 69.9 cm³/mol. The number of hydrogen-bond donors (Lipinski definition) is 1. The first-order valence-corrected chi connectivity index (χ1v) is 6.29. The molecule has 3 rings (SSSR count). The van der Waals surface area contributed by atoms with Crippen LogP contribution in [0.25, 0.3) is 11.2 Å². The van der Waals surface area contributed by atoms with Crippen LogP contribution in [0.2, 0.25) is 0 Å². The number of anilines is 1. The third-order valence-electron chi connectivity index (χ3n) is 3.54. The second kappa shape index (κ2) is 4.79. The molecule has 0 unspecified atom stereocenters. The summed E-state index contributed by atoms with van der Waals surface area (Å²) in [6.07, 6.45) is 6.32. The van der Waals surface area contributed by atoms with Gasteiger partial charge in [-0.25, -0.2) is 15.0 Å². The van der Waals surface area contributed by atoms with Crippen LogP contribution in [0.5, 0.6) is 0 Å². The van der Waals surface area contributed by atoms with Crippen molar-refractivity contribution in [2.75, 3.05) is 18.0 Å². The number of nitrogens with zero attached hydrogens (tertiary/aromatic N) is 4. The zero-order valence-electron chi connectivity index (χ0n) is 10.4. The van der Waals surface area contributed by atoms with Crippen molar-refractivity contribution in [1.82, 2.24) is 15.0 Å². The molecule has 1 N–H and O–H groups in total. The van der Waals surface area contributed by atoms with Crippen molar-refractivity contribution in [3.8, 4) is 0 Å². The second-order valence-electron chi connectivity index (χ2n) is 4.66. The van der Waals surface area contributed by atoms with Crippen molar-refractivity contribution in [1.29, 1.82) is 0 Å². The molecule has 19 heavy (non-hydrogen) atoms. The molecule has 0 spiro atoms. The Labute approximate surface area is 110 Å². The lowest BCUT2D eigenvalue weighted by Gasteiger charge is -2.32. The molecule has 1 saturated heterocycles. The first-order valence-electron chi connectivity index (χ1n) is 6.29. The number of aromatic nitrogens is 3. The molecule has 2 aromatic heterocycles. The summed E-state index contributed by atoms with van der Waals surface area (Å²) in [7, 11) is 0. The van der Waals surface area contributed by atoms with Gasteiger partial charge in [0.25, 0.3) is 0 Å². The van der Waals surface area contributed by atoms with Crippen LogP contribution < -0.4 is 4.90 Å². The van der Waals surface area contributed by atoms with Crippen molar-refractivity contribution in [2.45, 2.75) is 12.8 Å². The largest absolute Gasteiger partial charge is 0.481 e. The van der Waals surface area contributed by atoms with Crippen molar-refractivity contribution in [3.63, 3.8) is 0 Å². The fourth-order valence-corrected chi connectivity index (χ4v) is 2.49. The highest BCUT2D eigenvalue weighted by Gasteiger charge is 2.25. The van der Waals surface area contributed by atoms with Gasteiger partial charge in [-0.2, -0.15) is 0 Å². The normalized spacial score (nSPS) is 16.7. The maximum Gasteiger partial charge on any atom is 0.306 e. The van der Waals surface area contributed by atoms with Gasteiger partial charge in [0.05, 0.1) is 11.6 Å². The highest BCUT2D eigenvalue weighted by atomic mass is 16.4. The molecule has 0 radical (unpaired) electrons. The van der Waals surface area contributed by atoms with Crippen molar-refractivity contribution in [3.05, 3.63) is 24.7 Å². The summed E-state index contributed by atoms with van der Waals surface area (Å²) in [6, 6.07) is 1.91. The number of carboxylic acid groups (broad SMARTS) is 1. The SMILES string of the molecule is O=C(O)C1CCN(c2ccnc3nccnc23)CC1. The Balaban J connectivity index is 1.88. The van der Waals surface area contributed by atoms with Gasteiger partial charge in [0.2, 0.25) is 0 Å². The third kappa shape index (κ3) is 2.21. The van der Waals surface area contributed by atoms with Gasteiger partial charge in [-0.05, 0) is 18.9 Å². The molecule has 0 atom stereocenters. The van der Waals surface area contributed by atoms with E-state index >= 15 is 0 Å². The molecule has 0 bridgehead atoms. The third-order valence-corrected chi connectivity index (χ3v) is 3.54. The fraction of sp³-hybridized carbons (Fsp3) is 0.385. The van der Waals surface area contributed by atoms with E-state index in [-0.39, 0.29) is 5.92 Å². The Bertz CT molecular complexity index is 603. The van der Waals surface area contributed by atoms with E-state index in [0.717, 1.165) is 24.3 Å². The quantitative estimate of drug-likeness (QED) is 0.875. The van der Waals surface area contributed by atoms with Gasteiger partial charge in [-0.15, -0.1) is 0 Å². The molecule has 0 saturated carbocycles. The van der Waals surface area contributed by atoms with E-state index in [2.05, 4.69) is 19.9 Å². The first-order chi connectivity index (χ1) is 9.25. The molecular formula is C13H14N4O2. The standard InChI is InChI=1S/C13H14N4O2/c18-13(19)9-2-7-17(8-3-9)10-1-4-15-12-11(10)14-5-6-16-12/h1,4-6,9H,2-3,7-8H2,(H,18,19). The van der Waals surface area contributed by atoms with Crippen LogP contribution in [0.3, 0.4) is 0 Å². The molecule has 1 aliphatic rings. The van der Waals surface area contributed by atoms with E-state index in [9.17, 15) is 4.79 Å². The number of pyridine rings is 1. The number of fused-ring (bicyclic) bond motifs is 1. The average Bonchev–Trinajstić information content (AvgIpc) is 2.47. The van der Waals surface area contributed by atoms with Gasteiger partial charge < -0.3 is 10.0 Å². The van der Waals surface area contributed by atoms with Gasteiger partial charge in [-0.1, -0.05) is 0 Å². The van der Waals surface area contributed by atoms with Crippen LogP contribution in [0, 0.1) is 5.92 Å². The molecule has 6 heteroatoms. The van der Waals surface area contributed by atoms with Crippen LogP contribution in [-0.4, -0.2) is 39.1 Å². The van der Waals surface area contributed by atoms with E-state index in [1.807, 2.05) is 6.07 Å². The Morgan fingerprint density at radius 2 is 1.84 bits per heavy atom. The Hall–Kier alpha value is -2.24. The summed E-state index contributed by atoms with van der Waals surface area (Å²) in [5.74, 6) is -0.922.